The molecule has 2 rings (SSSR count). The van der Waals surface area contributed by atoms with Gasteiger partial charge in [-0.2, -0.15) is 0 Å². The van der Waals surface area contributed by atoms with Gasteiger partial charge in [-0.15, -0.1) is 0 Å². The number of benzene rings is 2. The number of hydrogen-bond acceptors (Lipinski definition) is 4. The van der Waals surface area contributed by atoms with Crippen molar-refractivity contribution in [2.24, 2.45) is 0 Å². The van der Waals surface area contributed by atoms with Gasteiger partial charge in [0.2, 0.25) is 0 Å². The van der Waals surface area contributed by atoms with Crippen molar-refractivity contribution in [3.05, 3.63) is 59.4 Å². The standard InChI is InChI=1S/C22H31FN2O2/c1-4-25(5-2)14-6-13-24-16-19-9-12-21(22(15-19)26-3)27-17-18-7-10-20(23)11-8-18/h7-12,15,24H,4-6,13-14,16-17H2,1-3H3. The average molecular weight is 375 g/mol. The number of rotatable bonds is 12. The van der Waals surface area contributed by atoms with Crippen LogP contribution in [0.4, 0.5) is 4.39 Å². The van der Waals surface area contributed by atoms with Crippen LogP contribution >= 0.6 is 0 Å². The zero-order valence-corrected chi connectivity index (χ0v) is 16.6. The normalized spacial score (nSPS) is 11.0. The monoisotopic (exact) mass is 374 g/mol. The Morgan fingerprint density at radius 3 is 2.33 bits per heavy atom. The van der Waals surface area contributed by atoms with E-state index < -0.39 is 0 Å². The molecule has 0 aliphatic rings. The minimum Gasteiger partial charge on any atom is -0.493 e. The van der Waals surface area contributed by atoms with Crippen molar-refractivity contribution in [2.75, 3.05) is 33.3 Å². The number of hydrogen-bond donors (Lipinski definition) is 1. The summed E-state index contributed by atoms with van der Waals surface area (Å²) in [5.74, 6) is 1.15. The first kappa shape index (κ1) is 21.2. The molecule has 0 atom stereocenters. The molecule has 0 amide bonds. The molecule has 2 aromatic rings. The molecule has 0 bridgehead atoms. The Bertz CT molecular complexity index is 673. The predicted octanol–water partition coefficient (Wildman–Crippen LogP) is 4.23. The fourth-order valence-electron chi connectivity index (χ4n) is 2.88. The van der Waals surface area contributed by atoms with E-state index in [1.807, 2.05) is 18.2 Å². The Balaban J connectivity index is 1.81. The molecule has 2 aromatic carbocycles. The van der Waals surface area contributed by atoms with Crippen molar-refractivity contribution in [2.45, 2.75) is 33.4 Å². The van der Waals surface area contributed by atoms with Gasteiger partial charge in [0.25, 0.3) is 0 Å². The summed E-state index contributed by atoms with van der Waals surface area (Å²) in [7, 11) is 1.64. The molecule has 0 aliphatic carbocycles. The average Bonchev–Trinajstić information content (AvgIpc) is 2.70. The number of methoxy groups -OCH3 is 1. The first-order valence-electron chi connectivity index (χ1n) is 9.63. The molecule has 0 unspecified atom stereocenters. The number of nitrogens with zero attached hydrogens (tertiary/aromatic N) is 1. The molecular formula is C22H31FN2O2. The van der Waals surface area contributed by atoms with Crippen molar-refractivity contribution in [3.63, 3.8) is 0 Å². The van der Waals surface area contributed by atoms with Gasteiger partial charge >= 0.3 is 0 Å². The molecule has 0 saturated carbocycles. The van der Waals surface area contributed by atoms with Gasteiger partial charge in [-0.3, -0.25) is 0 Å². The van der Waals surface area contributed by atoms with E-state index in [4.69, 9.17) is 9.47 Å². The van der Waals surface area contributed by atoms with Crippen molar-refractivity contribution in [1.82, 2.24) is 10.2 Å². The zero-order valence-electron chi connectivity index (χ0n) is 16.6. The summed E-state index contributed by atoms with van der Waals surface area (Å²) in [5.41, 5.74) is 2.07. The summed E-state index contributed by atoms with van der Waals surface area (Å²) in [4.78, 5) is 2.43. The van der Waals surface area contributed by atoms with E-state index in [1.54, 1.807) is 19.2 Å². The summed E-state index contributed by atoms with van der Waals surface area (Å²) >= 11 is 0. The van der Waals surface area contributed by atoms with Crippen molar-refractivity contribution in [1.29, 1.82) is 0 Å². The lowest BCUT2D eigenvalue weighted by molar-refractivity contribution is 0.284. The quantitative estimate of drug-likeness (QED) is 0.564. The van der Waals surface area contributed by atoms with E-state index in [9.17, 15) is 4.39 Å². The van der Waals surface area contributed by atoms with Gasteiger partial charge in [-0.1, -0.05) is 32.0 Å². The fraction of sp³-hybridized carbons (Fsp3) is 0.455. The van der Waals surface area contributed by atoms with Crippen LogP contribution in [0, 0.1) is 5.82 Å². The molecule has 0 heterocycles. The van der Waals surface area contributed by atoms with E-state index in [2.05, 4.69) is 24.1 Å². The van der Waals surface area contributed by atoms with Crippen LogP contribution in [-0.4, -0.2) is 38.2 Å². The molecule has 148 valence electrons. The SMILES string of the molecule is CCN(CC)CCCNCc1ccc(OCc2ccc(F)cc2)c(OC)c1. The maximum absolute atomic E-state index is 13.0. The van der Waals surface area contributed by atoms with Crippen LogP contribution in [0.5, 0.6) is 11.5 Å². The third-order valence-electron chi connectivity index (χ3n) is 4.59. The Morgan fingerprint density at radius 2 is 1.67 bits per heavy atom. The molecule has 0 spiro atoms. The van der Waals surface area contributed by atoms with Gasteiger partial charge in [0.05, 0.1) is 7.11 Å². The second-order valence-corrected chi connectivity index (χ2v) is 6.46. The molecule has 1 N–H and O–H groups in total. The Morgan fingerprint density at radius 1 is 0.963 bits per heavy atom. The largest absolute Gasteiger partial charge is 0.493 e. The molecular weight excluding hydrogens is 343 g/mol. The van der Waals surface area contributed by atoms with Gasteiger partial charge < -0.3 is 19.7 Å². The van der Waals surface area contributed by atoms with Crippen molar-refractivity contribution < 1.29 is 13.9 Å². The minimum absolute atomic E-state index is 0.245. The summed E-state index contributed by atoms with van der Waals surface area (Å²) < 4.78 is 24.3. The highest BCUT2D eigenvalue weighted by Gasteiger charge is 2.07. The van der Waals surface area contributed by atoms with Gasteiger partial charge in [0.1, 0.15) is 12.4 Å². The zero-order chi connectivity index (χ0) is 19.5. The first-order valence-corrected chi connectivity index (χ1v) is 9.63. The van der Waals surface area contributed by atoms with E-state index >= 15 is 0 Å². The van der Waals surface area contributed by atoms with Gasteiger partial charge in [0.15, 0.2) is 11.5 Å². The van der Waals surface area contributed by atoms with Crippen LogP contribution in [0.2, 0.25) is 0 Å². The summed E-state index contributed by atoms with van der Waals surface area (Å²) in [5, 5.41) is 3.48. The lowest BCUT2D eigenvalue weighted by atomic mass is 10.2. The minimum atomic E-state index is -0.245. The third-order valence-corrected chi connectivity index (χ3v) is 4.59. The lowest BCUT2D eigenvalue weighted by Gasteiger charge is -2.17. The second kappa shape index (κ2) is 11.6. The maximum Gasteiger partial charge on any atom is 0.161 e. The van der Waals surface area contributed by atoms with Crippen LogP contribution in [0.15, 0.2) is 42.5 Å². The first-order chi connectivity index (χ1) is 13.2. The van der Waals surface area contributed by atoms with Crippen LogP contribution < -0.4 is 14.8 Å². The third kappa shape index (κ3) is 7.19. The second-order valence-electron chi connectivity index (χ2n) is 6.46. The van der Waals surface area contributed by atoms with E-state index in [-0.39, 0.29) is 5.82 Å². The molecule has 0 saturated heterocycles. The lowest BCUT2D eigenvalue weighted by Crippen LogP contribution is -2.27. The van der Waals surface area contributed by atoms with E-state index in [1.165, 1.54) is 12.1 Å². The van der Waals surface area contributed by atoms with Gasteiger partial charge in [0, 0.05) is 6.54 Å². The predicted molar refractivity (Wildman–Crippen MR) is 108 cm³/mol. The van der Waals surface area contributed by atoms with Gasteiger partial charge in [-0.05, 0) is 68.0 Å². The van der Waals surface area contributed by atoms with Crippen LogP contribution in [-0.2, 0) is 13.2 Å². The molecule has 0 aromatic heterocycles. The van der Waals surface area contributed by atoms with Crippen LogP contribution in [0.1, 0.15) is 31.4 Å². The highest BCUT2D eigenvalue weighted by atomic mass is 19.1. The van der Waals surface area contributed by atoms with E-state index in [0.29, 0.717) is 18.1 Å². The van der Waals surface area contributed by atoms with Crippen molar-refractivity contribution >= 4 is 0 Å². The molecule has 4 nitrogen and oxygen atoms in total. The highest BCUT2D eigenvalue weighted by molar-refractivity contribution is 5.43. The van der Waals surface area contributed by atoms with E-state index in [0.717, 1.165) is 50.3 Å². The Labute approximate surface area is 162 Å². The number of nitrogens with one attached hydrogen (secondary N) is 1. The summed E-state index contributed by atoms with van der Waals surface area (Å²) in [6.45, 7) is 9.89. The number of ether oxygens (including phenoxy) is 2. The smallest absolute Gasteiger partial charge is 0.161 e. The summed E-state index contributed by atoms with van der Waals surface area (Å²) in [6.07, 6.45) is 1.14. The maximum atomic E-state index is 13.0. The van der Waals surface area contributed by atoms with Crippen LogP contribution in [0.3, 0.4) is 0 Å². The highest BCUT2D eigenvalue weighted by Crippen LogP contribution is 2.28. The van der Waals surface area contributed by atoms with Gasteiger partial charge in [-0.25, -0.2) is 4.39 Å². The Hall–Kier alpha value is -2.11. The summed E-state index contributed by atoms with van der Waals surface area (Å²) in [6, 6.07) is 12.3. The van der Waals surface area contributed by atoms with Crippen molar-refractivity contribution in [3.8, 4) is 11.5 Å². The molecule has 5 heteroatoms. The fourth-order valence-corrected chi connectivity index (χ4v) is 2.88. The Kier molecular flexibility index (Phi) is 9.08. The topological polar surface area (TPSA) is 33.7 Å². The van der Waals surface area contributed by atoms with Crippen LogP contribution in [0.25, 0.3) is 0 Å². The number of halogens is 1. The molecule has 0 aliphatic heterocycles. The molecule has 0 radical (unpaired) electrons. The molecule has 27 heavy (non-hydrogen) atoms. The molecule has 0 fully saturated rings.